The minimum absolute atomic E-state index is 0.181. The van der Waals surface area contributed by atoms with Crippen molar-refractivity contribution in [1.29, 1.82) is 0 Å². The van der Waals surface area contributed by atoms with Gasteiger partial charge >= 0.3 is 0 Å². The van der Waals surface area contributed by atoms with Gasteiger partial charge in [-0.3, -0.25) is 4.90 Å². The molecule has 1 aromatic carbocycles. The van der Waals surface area contributed by atoms with Crippen LogP contribution in [0.3, 0.4) is 0 Å². The molecule has 0 aliphatic carbocycles. The van der Waals surface area contributed by atoms with Gasteiger partial charge in [0, 0.05) is 38.8 Å². The molecular weight excluding hydrogens is 317 g/mol. The molecule has 2 rings (SSSR count). The van der Waals surface area contributed by atoms with Crippen LogP contribution in [0.1, 0.15) is 25.3 Å². The number of rotatable bonds is 7. The smallest absolute Gasteiger partial charge is 0.279 e. The van der Waals surface area contributed by atoms with Crippen molar-refractivity contribution >= 4 is 10.2 Å². The quantitative estimate of drug-likeness (QED) is 0.822. The van der Waals surface area contributed by atoms with Gasteiger partial charge in [-0.25, -0.2) is 9.11 Å². The molecule has 130 valence electrons. The zero-order valence-electron chi connectivity index (χ0n) is 13.8. The van der Waals surface area contributed by atoms with Crippen LogP contribution >= 0.6 is 0 Å². The lowest BCUT2D eigenvalue weighted by atomic mass is 9.98. The van der Waals surface area contributed by atoms with E-state index in [1.54, 1.807) is 26.1 Å². The predicted octanol–water partition coefficient (Wildman–Crippen LogP) is 1.82. The standard InChI is InChI=1S/C16H26FN3O2S/c1-3-19(2)23(21,22)18-11-14-7-6-10-20(12-14)13-15-8-4-5-9-16(15)17/h4-5,8-9,14,18H,3,6-7,10-13H2,1-2H3. The van der Waals surface area contributed by atoms with E-state index in [9.17, 15) is 12.8 Å². The van der Waals surface area contributed by atoms with E-state index in [2.05, 4.69) is 9.62 Å². The SMILES string of the molecule is CCN(C)S(=O)(=O)NCC1CCCN(Cc2ccccc2F)C1. The molecule has 0 spiro atoms. The van der Waals surface area contributed by atoms with E-state index in [1.165, 1.54) is 10.4 Å². The number of halogens is 1. The topological polar surface area (TPSA) is 52.7 Å². The molecule has 1 unspecified atom stereocenters. The second kappa shape index (κ2) is 8.19. The number of hydrogen-bond donors (Lipinski definition) is 1. The van der Waals surface area contributed by atoms with Crippen molar-refractivity contribution in [3.05, 3.63) is 35.6 Å². The van der Waals surface area contributed by atoms with E-state index in [-0.39, 0.29) is 11.7 Å². The third kappa shape index (κ3) is 5.24. The second-order valence-electron chi connectivity index (χ2n) is 6.10. The van der Waals surface area contributed by atoms with Gasteiger partial charge in [0.1, 0.15) is 5.82 Å². The highest BCUT2D eigenvalue weighted by Crippen LogP contribution is 2.19. The van der Waals surface area contributed by atoms with Gasteiger partial charge in [-0.2, -0.15) is 12.7 Å². The highest BCUT2D eigenvalue weighted by Gasteiger charge is 2.23. The summed E-state index contributed by atoms with van der Waals surface area (Å²) < 4.78 is 41.7. The Hall–Kier alpha value is -1.02. The van der Waals surface area contributed by atoms with Crippen LogP contribution in [0.5, 0.6) is 0 Å². The number of benzene rings is 1. The third-order valence-electron chi connectivity index (χ3n) is 4.36. The van der Waals surface area contributed by atoms with Crippen LogP contribution in [0.25, 0.3) is 0 Å². The summed E-state index contributed by atoms with van der Waals surface area (Å²) in [7, 11) is -1.82. The van der Waals surface area contributed by atoms with Crippen molar-refractivity contribution in [1.82, 2.24) is 13.9 Å². The highest BCUT2D eigenvalue weighted by molar-refractivity contribution is 7.87. The first-order valence-electron chi connectivity index (χ1n) is 8.09. The summed E-state index contributed by atoms with van der Waals surface area (Å²) in [6.45, 7) is 4.96. The maximum absolute atomic E-state index is 13.8. The van der Waals surface area contributed by atoms with Gasteiger partial charge in [-0.15, -0.1) is 0 Å². The maximum atomic E-state index is 13.8. The van der Waals surface area contributed by atoms with Crippen LogP contribution in [0, 0.1) is 11.7 Å². The highest BCUT2D eigenvalue weighted by atomic mass is 32.2. The summed E-state index contributed by atoms with van der Waals surface area (Å²) in [4.78, 5) is 2.20. The van der Waals surface area contributed by atoms with E-state index in [0.717, 1.165) is 25.9 Å². The Morgan fingerprint density at radius 1 is 1.39 bits per heavy atom. The Balaban J connectivity index is 1.88. The van der Waals surface area contributed by atoms with Crippen molar-refractivity contribution in [2.75, 3.05) is 33.2 Å². The molecule has 1 fully saturated rings. The molecule has 0 bridgehead atoms. The van der Waals surface area contributed by atoms with Gasteiger partial charge in [0.15, 0.2) is 0 Å². The van der Waals surface area contributed by atoms with Gasteiger partial charge in [0.2, 0.25) is 0 Å². The first kappa shape index (κ1) is 18.3. The zero-order valence-corrected chi connectivity index (χ0v) is 14.7. The first-order chi connectivity index (χ1) is 10.9. The van der Waals surface area contributed by atoms with Crippen LogP contribution in [-0.2, 0) is 16.8 Å². The lowest BCUT2D eigenvalue weighted by molar-refractivity contribution is 0.167. The van der Waals surface area contributed by atoms with Crippen molar-refractivity contribution in [2.45, 2.75) is 26.3 Å². The molecule has 0 saturated carbocycles. The van der Waals surface area contributed by atoms with Gasteiger partial charge in [0.05, 0.1) is 0 Å². The lowest BCUT2D eigenvalue weighted by Crippen LogP contribution is -2.44. The molecule has 1 aromatic rings. The predicted molar refractivity (Wildman–Crippen MR) is 89.6 cm³/mol. The molecule has 0 radical (unpaired) electrons. The van der Waals surface area contributed by atoms with Crippen molar-refractivity contribution in [3.63, 3.8) is 0 Å². The van der Waals surface area contributed by atoms with Crippen LogP contribution in [-0.4, -0.2) is 50.8 Å². The van der Waals surface area contributed by atoms with E-state index in [4.69, 9.17) is 0 Å². The minimum Gasteiger partial charge on any atom is -0.299 e. The molecular formula is C16H26FN3O2S. The first-order valence-corrected chi connectivity index (χ1v) is 9.53. The number of nitrogens with zero attached hydrogens (tertiary/aromatic N) is 2. The van der Waals surface area contributed by atoms with Crippen molar-refractivity contribution in [2.24, 2.45) is 5.92 Å². The monoisotopic (exact) mass is 343 g/mol. The summed E-state index contributed by atoms with van der Waals surface area (Å²) in [6, 6.07) is 6.81. The van der Waals surface area contributed by atoms with Crippen molar-refractivity contribution < 1.29 is 12.8 Å². The number of nitrogens with one attached hydrogen (secondary N) is 1. The molecule has 23 heavy (non-hydrogen) atoms. The van der Waals surface area contributed by atoms with Crippen molar-refractivity contribution in [3.8, 4) is 0 Å². The minimum atomic E-state index is -3.39. The van der Waals surface area contributed by atoms with E-state index >= 15 is 0 Å². The van der Waals surface area contributed by atoms with E-state index in [1.807, 2.05) is 6.07 Å². The van der Waals surface area contributed by atoms with Gasteiger partial charge in [0.25, 0.3) is 10.2 Å². The van der Waals surface area contributed by atoms with Crippen LogP contribution in [0.4, 0.5) is 4.39 Å². The van der Waals surface area contributed by atoms with Gasteiger partial charge in [-0.1, -0.05) is 25.1 Å². The average Bonchev–Trinajstić information content (AvgIpc) is 2.55. The molecule has 1 atom stereocenters. The summed E-state index contributed by atoms with van der Waals surface area (Å²) >= 11 is 0. The average molecular weight is 343 g/mol. The molecule has 1 saturated heterocycles. The molecule has 0 amide bonds. The lowest BCUT2D eigenvalue weighted by Gasteiger charge is -2.33. The molecule has 7 heteroatoms. The van der Waals surface area contributed by atoms with Crippen LogP contribution < -0.4 is 4.72 Å². The molecule has 1 N–H and O–H groups in total. The fourth-order valence-corrected chi connectivity index (χ4v) is 3.84. The Kier molecular flexibility index (Phi) is 6.52. The maximum Gasteiger partial charge on any atom is 0.279 e. The van der Waals surface area contributed by atoms with Gasteiger partial charge in [-0.05, 0) is 31.4 Å². The Labute approximate surface area is 138 Å². The number of likely N-dealkylation sites (tertiary alicyclic amines) is 1. The Morgan fingerprint density at radius 3 is 2.83 bits per heavy atom. The molecule has 1 aliphatic rings. The molecule has 5 nitrogen and oxygen atoms in total. The summed E-state index contributed by atoms with van der Waals surface area (Å²) in [5, 5.41) is 0. The van der Waals surface area contributed by atoms with Crippen LogP contribution in [0.15, 0.2) is 24.3 Å². The molecule has 0 aromatic heterocycles. The molecule has 1 aliphatic heterocycles. The van der Waals surface area contributed by atoms with E-state index in [0.29, 0.717) is 25.2 Å². The van der Waals surface area contributed by atoms with Gasteiger partial charge < -0.3 is 0 Å². The number of piperidine rings is 1. The summed E-state index contributed by atoms with van der Waals surface area (Å²) in [5.74, 6) is 0.0791. The Morgan fingerprint density at radius 2 is 2.13 bits per heavy atom. The molecule has 1 heterocycles. The van der Waals surface area contributed by atoms with E-state index < -0.39 is 10.2 Å². The fraction of sp³-hybridized carbons (Fsp3) is 0.625. The summed E-state index contributed by atoms with van der Waals surface area (Å²) in [6.07, 6.45) is 2.00. The largest absolute Gasteiger partial charge is 0.299 e. The summed E-state index contributed by atoms with van der Waals surface area (Å²) in [5.41, 5.74) is 0.694. The fourth-order valence-electron chi connectivity index (χ4n) is 2.83. The normalized spacial score (nSPS) is 20.1. The second-order valence-corrected chi connectivity index (χ2v) is 7.96. The third-order valence-corrected chi connectivity index (χ3v) is 5.98. The zero-order chi connectivity index (χ0) is 16.9. The van der Waals surface area contributed by atoms with Crippen LogP contribution in [0.2, 0.25) is 0 Å². The Bertz CT molecular complexity index is 609. The number of hydrogen-bond acceptors (Lipinski definition) is 3.